The predicted octanol–water partition coefficient (Wildman–Crippen LogP) is 3.12. The number of hydrogen-bond donors (Lipinski definition) is 1. The standard InChI is InChI=1S/C17H19N3O/c1-2-11-20-16(9-10-18-20)17(21)12-14-8-7-13-5-3-4-6-15(13)19-14/h3-10,17,21H,2,11-12H2,1H3. The fourth-order valence-corrected chi connectivity index (χ4v) is 2.55. The second kappa shape index (κ2) is 6.06. The monoisotopic (exact) mass is 281 g/mol. The third-order valence-corrected chi connectivity index (χ3v) is 3.58. The van der Waals surface area contributed by atoms with Gasteiger partial charge in [0.15, 0.2) is 0 Å². The quantitative estimate of drug-likeness (QED) is 0.781. The SMILES string of the molecule is CCCn1nccc1C(O)Cc1ccc2ccccc2n1. The molecule has 0 aliphatic rings. The van der Waals surface area contributed by atoms with Gasteiger partial charge in [0.25, 0.3) is 0 Å². The minimum absolute atomic E-state index is 0.500. The van der Waals surface area contributed by atoms with Gasteiger partial charge >= 0.3 is 0 Å². The maximum Gasteiger partial charge on any atom is 0.101 e. The van der Waals surface area contributed by atoms with E-state index in [9.17, 15) is 5.11 Å². The van der Waals surface area contributed by atoms with Gasteiger partial charge in [0.2, 0.25) is 0 Å². The van der Waals surface area contributed by atoms with Crippen LogP contribution in [-0.2, 0) is 13.0 Å². The Hall–Kier alpha value is -2.20. The molecule has 1 aromatic carbocycles. The molecule has 3 rings (SSSR count). The molecule has 4 nitrogen and oxygen atoms in total. The molecule has 0 spiro atoms. The van der Waals surface area contributed by atoms with Gasteiger partial charge in [-0.15, -0.1) is 0 Å². The number of hydrogen-bond acceptors (Lipinski definition) is 3. The van der Waals surface area contributed by atoms with Crippen LogP contribution in [0.4, 0.5) is 0 Å². The van der Waals surface area contributed by atoms with Gasteiger partial charge in [-0.3, -0.25) is 9.67 Å². The van der Waals surface area contributed by atoms with Gasteiger partial charge < -0.3 is 5.11 Å². The van der Waals surface area contributed by atoms with E-state index < -0.39 is 6.10 Å². The van der Waals surface area contributed by atoms with Crippen LogP contribution in [0.5, 0.6) is 0 Å². The lowest BCUT2D eigenvalue weighted by molar-refractivity contribution is 0.165. The molecule has 108 valence electrons. The highest BCUT2D eigenvalue weighted by atomic mass is 16.3. The second-order valence-electron chi connectivity index (χ2n) is 5.19. The number of aliphatic hydroxyl groups excluding tert-OH is 1. The Labute approximate surface area is 124 Å². The van der Waals surface area contributed by atoms with E-state index in [1.807, 2.05) is 47.1 Å². The van der Waals surface area contributed by atoms with Crippen molar-refractivity contribution in [1.29, 1.82) is 0 Å². The van der Waals surface area contributed by atoms with E-state index in [1.165, 1.54) is 0 Å². The Morgan fingerprint density at radius 3 is 2.86 bits per heavy atom. The zero-order valence-electron chi connectivity index (χ0n) is 12.1. The van der Waals surface area contributed by atoms with Crippen molar-refractivity contribution in [2.24, 2.45) is 0 Å². The average molecular weight is 281 g/mol. The van der Waals surface area contributed by atoms with Crippen LogP contribution in [0.3, 0.4) is 0 Å². The van der Waals surface area contributed by atoms with Crippen molar-refractivity contribution in [3.05, 3.63) is 60.0 Å². The second-order valence-corrected chi connectivity index (χ2v) is 5.19. The van der Waals surface area contributed by atoms with Crippen molar-refractivity contribution in [3.8, 4) is 0 Å². The van der Waals surface area contributed by atoms with E-state index in [0.717, 1.165) is 35.3 Å². The van der Waals surface area contributed by atoms with Crippen molar-refractivity contribution in [2.45, 2.75) is 32.4 Å². The topological polar surface area (TPSA) is 50.9 Å². The van der Waals surface area contributed by atoms with Gasteiger partial charge in [0.1, 0.15) is 6.10 Å². The molecule has 4 heteroatoms. The third kappa shape index (κ3) is 2.95. The van der Waals surface area contributed by atoms with Crippen LogP contribution in [0.25, 0.3) is 10.9 Å². The molecule has 3 aromatic rings. The molecular weight excluding hydrogens is 262 g/mol. The van der Waals surface area contributed by atoms with E-state index in [0.29, 0.717) is 6.42 Å². The van der Waals surface area contributed by atoms with E-state index in [2.05, 4.69) is 17.0 Å². The van der Waals surface area contributed by atoms with Gasteiger partial charge in [0.05, 0.1) is 11.2 Å². The Morgan fingerprint density at radius 2 is 2.00 bits per heavy atom. The molecule has 2 heterocycles. The largest absolute Gasteiger partial charge is 0.386 e. The molecule has 1 N–H and O–H groups in total. The molecule has 1 atom stereocenters. The Bertz CT molecular complexity index is 735. The molecule has 2 aromatic heterocycles. The van der Waals surface area contributed by atoms with Gasteiger partial charge in [-0.25, -0.2) is 0 Å². The number of fused-ring (bicyclic) bond motifs is 1. The third-order valence-electron chi connectivity index (χ3n) is 3.58. The highest BCUT2D eigenvalue weighted by Crippen LogP contribution is 2.19. The Kier molecular flexibility index (Phi) is 3.97. The summed E-state index contributed by atoms with van der Waals surface area (Å²) in [4.78, 5) is 4.61. The average Bonchev–Trinajstić information content (AvgIpc) is 2.96. The van der Waals surface area contributed by atoms with Crippen LogP contribution >= 0.6 is 0 Å². The summed E-state index contributed by atoms with van der Waals surface area (Å²) in [6, 6.07) is 13.9. The molecular formula is C17H19N3O. The molecule has 0 bridgehead atoms. The summed E-state index contributed by atoms with van der Waals surface area (Å²) in [6.45, 7) is 2.92. The van der Waals surface area contributed by atoms with Crippen LogP contribution in [0, 0.1) is 0 Å². The minimum Gasteiger partial charge on any atom is -0.386 e. The lowest BCUT2D eigenvalue weighted by Gasteiger charge is -2.13. The van der Waals surface area contributed by atoms with Crippen LogP contribution < -0.4 is 0 Å². The number of nitrogens with zero attached hydrogens (tertiary/aromatic N) is 3. The number of benzene rings is 1. The number of para-hydroxylation sites is 1. The predicted molar refractivity (Wildman–Crippen MR) is 82.9 cm³/mol. The highest BCUT2D eigenvalue weighted by Gasteiger charge is 2.14. The fourth-order valence-electron chi connectivity index (χ4n) is 2.55. The minimum atomic E-state index is -0.576. The molecule has 0 fully saturated rings. The van der Waals surface area contributed by atoms with Crippen molar-refractivity contribution in [2.75, 3.05) is 0 Å². The number of pyridine rings is 1. The number of aryl methyl sites for hydroxylation is 1. The van der Waals surface area contributed by atoms with E-state index in [-0.39, 0.29) is 0 Å². The number of rotatable bonds is 5. The van der Waals surface area contributed by atoms with Crippen LogP contribution in [0.2, 0.25) is 0 Å². The first-order valence-corrected chi connectivity index (χ1v) is 7.32. The molecule has 21 heavy (non-hydrogen) atoms. The normalized spacial score (nSPS) is 12.7. The fraction of sp³-hybridized carbons (Fsp3) is 0.294. The van der Waals surface area contributed by atoms with Gasteiger partial charge in [-0.2, -0.15) is 5.10 Å². The molecule has 0 saturated carbocycles. The van der Waals surface area contributed by atoms with Gasteiger partial charge in [0, 0.05) is 30.2 Å². The van der Waals surface area contributed by atoms with Gasteiger partial charge in [-0.05, 0) is 24.6 Å². The molecule has 0 aliphatic heterocycles. The number of aliphatic hydroxyl groups is 1. The van der Waals surface area contributed by atoms with Crippen molar-refractivity contribution >= 4 is 10.9 Å². The summed E-state index contributed by atoms with van der Waals surface area (Å²) in [7, 11) is 0. The summed E-state index contributed by atoms with van der Waals surface area (Å²) in [6.07, 6.45) is 2.66. The first kappa shape index (κ1) is 13.8. The van der Waals surface area contributed by atoms with E-state index in [4.69, 9.17) is 0 Å². The molecule has 0 amide bonds. The summed E-state index contributed by atoms with van der Waals surface area (Å²) in [5.41, 5.74) is 2.71. The van der Waals surface area contributed by atoms with E-state index >= 15 is 0 Å². The lowest BCUT2D eigenvalue weighted by Crippen LogP contribution is -2.11. The van der Waals surface area contributed by atoms with Crippen LogP contribution in [0.1, 0.15) is 30.8 Å². The maximum atomic E-state index is 10.4. The molecule has 1 unspecified atom stereocenters. The van der Waals surface area contributed by atoms with Crippen molar-refractivity contribution in [3.63, 3.8) is 0 Å². The lowest BCUT2D eigenvalue weighted by atomic mass is 10.1. The zero-order valence-corrected chi connectivity index (χ0v) is 12.1. The summed E-state index contributed by atoms with van der Waals surface area (Å²) < 4.78 is 1.87. The Morgan fingerprint density at radius 1 is 1.14 bits per heavy atom. The molecule has 0 aliphatic carbocycles. The van der Waals surface area contributed by atoms with Crippen molar-refractivity contribution in [1.82, 2.24) is 14.8 Å². The van der Waals surface area contributed by atoms with E-state index in [1.54, 1.807) is 6.20 Å². The first-order valence-electron chi connectivity index (χ1n) is 7.32. The number of aromatic nitrogens is 3. The molecule has 0 saturated heterocycles. The van der Waals surface area contributed by atoms with Gasteiger partial charge in [-0.1, -0.05) is 31.2 Å². The van der Waals surface area contributed by atoms with Crippen molar-refractivity contribution < 1.29 is 5.11 Å². The summed E-state index contributed by atoms with van der Waals surface area (Å²) in [5.74, 6) is 0. The summed E-state index contributed by atoms with van der Waals surface area (Å²) >= 11 is 0. The highest BCUT2D eigenvalue weighted by molar-refractivity contribution is 5.78. The Balaban J connectivity index is 1.82. The van der Waals surface area contributed by atoms with Crippen LogP contribution in [0.15, 0.2) is 48.7 Å². The first-order chi connectivity index (χ1) is 10.3. The zero-order chi connectivity index (χ0) is 14.7. The maximum absolute atomic E-state index is 10.4. The van der Waals surface area contributed by atoms with Crippen LogP contribution in [-0.4, -0.2) is 19.9 Å². The molecule has 0 radical (unpaired) electrons. The smallest absolute Gasteiger partial charge is 0.101 e. The summed E-state index contributed by atoms with van der Waals surface area (Å²) in [5, 5.41) is 15.8.